The lowest BCUT2D eigenvalue weighted by atomic mass is 10.2. The number of carboxylic acid groups (broad SMARTS) is 1. The zero-order valence-electron chi connectivity index (χ0n) is 11.1. The van der Waals surface area contributed by atoms with Gasteiger partial charge in [-0.3, -0.25) is 4.79 Å². The van der Waals surface area contributed by atoms with Crippen molar-refractivity contribution < 1.29 is 18.3 Å². The number of halogens is 1. The van der Waals surface area contributed by atoms with E-state index in [1.165, 1.54) is 23.9 Å². The van der Waals surface area contributed by atoms with Gasteiger partial charge in [-0.15, -0.1) is 0 Å². The molecule has 0 saturated heterocycles. The van der Waals surface area contributed by atoms with Gasteiger partial charge in [0.15, 0.2) is 0 Å². The predicted molar refractivity (Wildman–Crippen MR) is 83.6 cm³/mol. The van der Waals surface area contributed by atoms with Crippen LogP contribution in [0.3, 0.4) is 0 Å². The first-order chi connectivity index (χ1) is 9.27. The molecule has 2 N–H and O–H groups in total. The van der Waals surface area contributed by atoms with E-state index in [1.54, 1.807) is 13.0 Å². The van der Waals surface area contributed by atoms with Crippen LogP contribution >= 0.6 is 27.7 Å². The highest BCUT2D eigenvalue weighted by Gasteiger charge is 2.25. The molecule has 8 heteroatoms. The number of benzene rings is 1. The van der Waals surface area contributed by atoms with Crippen LogP contribution in [0.15, 0.2) is 27.6 Å². The second-order valence-corrected chi connectivity index (χ2v) is 7.76. The molecular weight excluding hydrogens is 366 g/mol. The number of rotatable bonds is 7. The predicted octanol–water partition coefficient (Wildman–Crippen LogP) is 2.24. The van der Waals surface area contributed by atoms with Crippen LogP contribution < -0.4 is 4.72 Å². The minimum absolute atomic E-state index is 0.0635. The standard InChI is InChI=1S/C12H16BrNO4S2/c1-8-7-9(3-4-10(8)13)20(17,18)14-11(12(15)16)5-6-19-2/h3-4,7,11,14H,5-6H2,1-2H3,(H,15,16). The lowest BCUT2D eigenvalue weighted by Crippen LogP contribution is -2.41. The Morgan fingerprint density at radius 3 is 2.65 bits per heavy atom. The van der Waals surface area contributed by atoms with Crippen LogP contribution in [0.1, 0.15) is 12.0 Å². The molecule has 1 atom stereocenters. The molecule has 0 aliphatic carbocycles. The number of carbonyl (C=O) groups is 1. The summed E-state index contributed by atoms with van der Waals surface area (Å²) in [7, 11) is -3.84. The van der Waals surface area contributed by atoms with Crippen molar-refractivity contribution in [2.24, 2.45) is 0 Å². The Morgan fingerprint density at radius 2 is 2.15 bits per heavy atom. The molecule has 1 aromatic carbocycles. The largest absolute Gasteiger partial charge is 0.480 e. The fraction of sp³-hybridized carbons (Fsp3) is 0.417. The Kier molecular flexibility index (Phi) is 6.50. The molecule has 0 radical (unpaired) electrons. The molecule has 0 aromatic heterocycles. The number of aliphatic carboxylic acids is 1. The molecule has 1 aromatic rings. The molecule has 112 valence electrons. The summed E-state index contributed by atoms with van der Waals surface area (Å²) in [6.07, 6.45) is 2.08. The fourth-order valence-corrected chi connectivity index (χ4v) is 3.53. The van der Waals surface area contributed by atoms with Gasteiger partial charge in [0, 0.05) is 4.47 Å². The normalized spacial score (nSPS) is 13.2. The SMILES string of the molecule is CSCCC(NS(=O)(=O)c1ccc(Br)c(C)c1)C(=O)O. The molecule has 1 rings (SSSR count). The Bertz CT molecular complexity index is 589. The Hall–Kier alpha value is -0.570. The third kappa shape index (κ3) is 4.76. The van der Waals surface area contributed by atoms with E-state index in [2.05, 4.69) is 20.7 Å². The van der Waals surface area contributed by atoms with Crippen molar-refractivity contribution in [3.05, 3.63) is 28.2 Å². The molecule has 0 bridgehead atoms. The fourth-order valence-electron chi connectivity index (χ4n) is 1.51. The van der Waals surface area contributed by atoms with Gasteiger partial charge in [-0.05, 0) is 49.1 Å². The van der Waals surface area contributed by atoms with Gasteiger partial charge in [0.05, 0.1) is 4.90 Å². The van der Waals surface area contributed by atoms with Crippen LogP contribution in [0.25, 0.3) is 0 Å². The third-order valence-electron chi connectivity index (χ3n) is 2.65. The number of hydrogen-bond acceptors (Lipinski definition) is 4. The first-order valence-electron chi connectivity index (χ1n) is 5.78. The van der Waals surface area contributed by atoms with Gasteiger partial charge < -0.3 is 5.11 Å². The molecule has 20 heavy (non-hydrogen) atoms. The van der Waals surface area contributed by atoms with E-state index in [-0.39, 0.29) is 11.3 Å². The van der Waals surface area contributed by atoms with Gasteiger partial charge >= 0.3 is 5.97 Å². The summed E-state index contributed by atoms with van der Waals surface area (Å²) in [4.78, 5) is 11.2. The van der Waals surface area contributed by atoms with Crippen molar-refractivity contribution in [3.8, 4) is 0 Å². The van der Waals surface area contributed by atoms with Crippen LogP contribution in [-0.2, 0) is 14.8 Å². The summed E-state index contributed by atoms with van der Waals surface area (Å²) in [5.74, 6) is -0.602. The van der Waals surface area contributed by atoms with Gasteiger partial charge in [0.1, 0.15) is 6.04 Å². The van der Waals surface area contributed by atoms with Crippen LogP contribution in [0.5, 0.6) is 0 Å². The lowest BCUT2D eigenvalue weighted by molar-refractivity contribution is -0.139. The highest BCUT2D eigenvalue weighted by atomic mass is 79.9. The van der Waals surface area contributed by atoms with Crippen LogP contribution in [0.2, 0.25) is 0 Å². The first kappa shape index (κ1) is 17.5. The Morgan fingerprint density at radius 1 is 1.50 bits per heavy atom. The quantitative estimate of drug-likeness (QED) is 0.756. The van der Waals surface area contributed by atoms with Crippen molar-refractivity contribution in [2.45, 2.75) is 24.3 Å². The maximum atomic E-state index is 12.2. The second-order valence-electron chi connectivity index (χ2n) is 4.20. The van der Waals surface area contributed by atoms with Crippen LogP contribution in [0.4, 0.5) is 0 Å². The molecule has 0 amide bonds. The van der Waals surface area contributed by atoms with E-state index in [0.29, 0.717) is 5.75 Å². The number of hydrogen-bond donors (Lipinski definition) is 2. The zero-order valence-corrected chi connectivity index (χ0v) is 14.3. The van der Waals surface area contributed by atoms with Gasteiger partial charge in [-0.1, -0.05) is 15.9 Å². The maximum absolute atomic E-state index is 12.2. The molecule has 0 spiro atoms. The van der Waals surface area contributed by atoms with E-state index in [4.69, 9.17) is 5.11 Å². The molecule has 5 nitrogen and oxygen atoms in total. The van der Waals surface area contributed by atoms with E-state index in [0.717, 1.165) is 10.0 Å². The smallest absolute Gasteiger partial charge is 0.321 e. The number of thioether (sulfide) groups is 1. The van der Waals surface area contributed by atoms with Gasteiger partial charge in [-0.2, -0.15) is 16.5 Å². The van der Waals surface area contributed by atoms with E-state index >= 15 is 0 Å². The second kappa shape index (κ2) is 7.44. The van der Waals surface area contributed by atoms with Gasteiger partial charge in [0.2, 0.25) is 10.0 Å². The topological polar surface area (TPSA) is 83.5 Å². The van der Waals surface area contributed by atoms with Crippen molar-refractivity contribution >= 4 is 43.7 Å². The van der Waals surface area contributed by atoms with Crippen molar-refractivity contribution in [3.63, 3.8) is 0 Å². The highest BCUT2D eigenvalue weighted by molar-refractivity contribution is 9.10. The summed E-state index contributed by atoms with van der Waals surface area (Å²) in [6, 6.07) is 3.45. The number of sulfonamides is 1. The van der Waals surface area contributed by atoms with Crippen molar-refractivity contribution in [1.29, 1.82) is 0 Å². The van der Waals surface area contributed by atoms with Gasteiger partial charge in [0.25, 0.3) is 0 Å². The Balaban J connectivity index is 2.97. The molecule has 0 saturated carbocycles. The van der Waals surface area contributed by atoms with Crippen molar-refractivity contribution in [1.82, 2.24) is 4.72 Å². The number of nitrogens with one attached hydrogen (secondary N) is 1. The third-order valence-corrected chi connectivity index (χ3v) is 5.65. The Labute approximate surface area is 131 Å². The zero-order chi connectivity index (χ0) is 15.3. The average Bonchev–Trinajstić information content (AvgIpc) is 2.37. The van der Waals surface area contributed by atoms with Gasteiger partial charge in [-0.25, -0.2) is 8.42 Å². The minimum Gasteiger partial charge on any atom is -0.480 e. The molecule has 0 aliphatic rings. The van der Waals surface area contributed by atoms with E-state index < -0.39 is 22.0 Å². The maximum Gasteiger partial charge on any atom is 0.321 e. The number of carboxylic acids is 1. The van der Waals surface area contributed by atoms with E-state index in [1.807, 2.05) is 6.26 Å². The summed E-state index contributed by atoms with van der Waals surface area (Å²) >= 11 is 4.76. The van der Waals surface area contributed by atoms with Crippen LogP contribution in [-0.4, -0.2) is 37.5 Å². The van der Waals surface area contributed by atoms with E-state index in [9.17, 15) is 13.2 Å². The average molecular weight is 382 g/mol. The monoisotopic (exact) mass is 381 g/mol. The summed E-state index contributed by atoms with van der Waals surface area (Å²) in [5.41, 5.74) is 0.767. The minimum atomic E-state index is -3.84. The molecule has 0 heterocycles. The highest BCUT2D eigenvalue weighted by Crippen LogP contribution is 2.20. The van der Waals surface area contributed by atoms with Crippen LogP contribution in [0, 0.1) is 6.92 Å². The lowest BCUT2D eigenvalue weighted by Gasteiger charge is -2.14. The summed E-state index contributed by atoms with van der Waals surface area (Å²) in [6.45, 7) is 1.77. The molecule has 1 unspecified atom stereocenters. The summed E-state index contributed by atoms with van der Waals surface area (Å²) in [5, 5.41) is 9.07. The summed E-state index contributed by atoms with van der Waals surface area (Å²) < 4.78 is 27.4. The molecule has 0 fully saturated rings. The molecular formula is C12H16BrNO4S2. The number of aryl methyl sites for hydroxylation is 1. The van der Waals surface area contributed by atoms with Crippen molar-refractivity contribution in [2.75, 3.05) is 12.0 Å². The first-order valence-corrected chi connectivity index (χ1v) is 9.45. The molecule has 0 aliphatic heterocycles.